The van der Waals surface area contributed by atoms with Crippen LogP contribution in [0.2, 0.25) is 0 Å². The minimum Gasteiger partial charge on any atom is -0.497 e. The Labute approximate surface area is 126 Å². The number of methoxy groups -OCH3 is 1. The van der Waals surface area contributed by atoms with Crippen LogP contribution >= 0.6 is 15.9 Å². The summed E-state index contributed by atoms with van der Waals surface area (Å²) in [7, 11) is 1.61. The van der Waals surface area contributed by atoms with Crippen molar-refractivity contribution in [1.82, 2.24) is 0 Å². The number of benzene rings is 1. The van der Waals surface area contributed by atoms with Gasteiger partial charge in [0.25, 0.3) is 0 Å². The molecule has 2 heterocycles. The third-order valence-corrected chi connectivity index (χ3v) is 5.27. The van der Waals surface area contributed by atoms with Gasteiger partial charge in [-0.2, -0.15) is 0 Å². The number of fused-ring (bicyclic) bond motifs is 2. The van der Waals surface area contributed by atoms with Crippen molar-refractivity contribution in [3.63, 3.8) is 0 Å². The molecule has 2 bridgehead atoms. The average Bonchev–Trinajstić information content (AvgIpc) is 3.02. The lowest BCUT2D eigenvalue weighted by Gasteiger charge is -2.31. The molecule has 108 valence electrons. The first-order valence-electron chi connectivity index (χ1n) is 6.76. The van der Waals surface area contributed by atoms with Crippen LogP contribution in [0.4, 0.5) is 0 Å². The van der Waals surface area contributed by atoms with Gasteiger partial charge < -0.3 is 14.6 Å². The Hall–Kier alpha value is -1.07. The lowest BCUT2D eigenvalue weighted by atomic mass is 9.70. The van der Waals surface area contributed by atoms with Gasteiger partial charge in [-0.25, -0.2) is 0 Å². The summed E-state index contributed by atoms with van der Waals surface area (Å²) >= 11 is 3.50. The molecule has 2 aliphatic rings. The highest BCUT2D eigenvalue weighted by Gasteiger charge is 2.57. The summed E-state index contributed by atoms with van der Waals surface area (Å²) in [5.41, 5.74) is 0.167. The fourth-order valence-corrected chi connectivity index (χ4v) is 3.83. The Morgan fingerprint density at radius 3 is 2.90 bits per heavy atom. The molecule has 0 radical (unpaired) electrons. The Bertz CT molecular complexity index is 545. The van der Waals surface area contributed by atoms with Crippen LogP contribution in [-0.4, -0.2) is 30.4 Å². The summed E-state index contributed by atoms with van der Waals surface area (Å²) in [6, 6.07) is 5.66. The zero-order chi connectivity index (χ0) is 14.3. The normalized spacial score (nSPS) is 31.5. The van der Waals surface area contributed by atoms with Crippen molar-refractivity contribution in [2.24, 2.45) is 5.41 Å². The van der Waals surface area contributed by atoms with Gasteiger partial charge in [-0.1, -0.05) is 15.9 Å². The van der Waals surface area contributed by atoms with Crippen molar-refractivity contribution in [3.8, 4) is 5.75 Å². The van der Waals surface area contributed by atoms with Crippen LogP contribution in [0.15, 0.2) is 22.7 Å². The van der Waals surface area contributed by atoms with Crippen LogP contribution < -0.4 is 4.74 Å². The highest BCUT2D eigenvalue weighted by Crippen LogP contribution is 2.50. The SMILES string of the molecule is COc1ccc(Br)c(CC2(C(=O)O)CC3CCC2O3)c1. The summed E-state index contributed by atoms with van der Waals surface area (Å²) in [6.45, 7) is 0. The van der Waals surface area contributed by atoms with Gasteiger partial charge in [-0.3, -0.25) is 4.79 Å². The van der Waals surface area contributed by atoms with Crippen molar-refractivity contribution >= 4 is 21.9 Å². The number of hydrogen-bond donors (Lipinski definition) is 1. The Balaban J connectivity index is 1.94. The molecule has 20 heavy (non-hydrogen) atoms. The third-order valence-electron chi connectivity index (χ3n) is 4.50. The minimum absolute atomic E-state index is 0.112. The second kappa shape index (κ2) is 5.04. The van der Waals surface area contributed by atoms with E-state index in [9.17, 15) is 9.90 Å². The van der Waals surface area contributed by atoms with Gasteiger partial charge in [0, 0.05) is 4.47 Å². The van der Waals surface area contributed by atoms with Crippen LogP contribution in [0, 0.1) is 5.41 Å². The lowest BCUT2D eigenvalue weighted by molar-refractivity contribution is -0.152. The van der Waals surface area contributed by atoms with E-state index in [4.69, 9.17) is 9.47 Å². The van der Waals surface area contributed by atoms with E-state index < -0.39 is 11.4 Å². The number of aliphatic carboxylic acids is 1. The number of carboxylic acid groups (broad SMARTS) is 1. The molecule has 5 heteroatoms. The third kappa shape index (κ3) is 2.13. The summed E-state index contributed by atoms with van der Waals surface area (Å²) in [5.74, 6) is -0.00719. The number of carbonyl (C=O) groups is 1. The molecule has 3 rings (SSSR count). The van der Waals surface area contributed by atoms with E-state index in [1.165, 1.54) is 0 Å². The molecule has 1 aromatic rings. The van der Waals surface area contributed by atoms with Crippen molar-refractivity contribution in [2.45, 2.75) is 37.9 Å². The van der Waals surface area contributed by atoms with Gasteiger partial charge in [0.15, 0.2) is 0 Å². The van der Waals surface area contributed by atoms with E-state index in [1.807, 2.05) is 18.2 Å². The van der Waals surface area contributed by atoms with Crippen LogP contribution in [0.3, 0.4) is 0 Å². The Morgan fingerprint density at radius 2 is 2.35 bits per heavy atom. The standard InChI is InChI=1S/C15H17BrO4/c1-19-10-2-4-12(16)9(6-10)7-15(14(17)18)8-11-3-5-13(15)20-11/h2,4,6,11,13H,3,5,7-8H2,1H3,(H,17,18). The van der Waals surface area contributed by atoms with Gasteiger partial charge in [0.1, 0.15) is 11.2 Å². The molecule has 2 saturated heterocycles. The molecule has 0 aliphatic carbocycles. The number of halogens is 1. The number of hydrogen-bond acceptors (Lipinski definition) is 3. The molecule has 3 unspecified atom stereocenters. The van der Waals surface area contributed by atoms with Crippen LogP contribution in [0.25, 0.3) is 0 Å². The van der Waals surface area contributed by atoms with Crippen molar-refractivity contribution in [2.75, 3.05) is 7.11 Å². The predicted molar refractivity (Wildman–Crippen MR) is 77.0 cm³/mol. The maximum absolute atomic E-state index is 11.9. The van der Waals surface area contributed by atoms with Gasteiger partial charge in [-0.15, -0.1) is 0 Å². The second-order valence-electron chi connectivity index (χ2n) is 5.62. The van der Waals surface area contributed by atoms with Crippen molar-refractivity contribution in [3.05, 3.63) is 28.2 Å². The first-order chi connectivity index (χ1) is 9.55. The first kappa shape index (κ1) is 13.9. The van der Waals surface area contributed by atoms with Gasteiger partial charge in [0.2, 0.25) is 0 Å². The van der Waals surface area contributed by atoms with Crippen molar-refractivity contribution < 1.29 is 19.4 Å². The van der Waals surface area contributed by atoms with Gasteiger partial charge in [-0.05, 0) is 49.4 Å². The van der Waals surface area contributed by atoms with E-state index >= 15 is 0 Å². The number of rotatable bonds is 4. The van der Waals surface area contributed by atoms with E-state index in [2.05, 4.69) is 15.9 Å². The monoisotopic (exact) mass is 340 g/mol. The molecule has 2 fully saturated rings. The molecule has 0 spiro atoms. The quantitative estimate of drug-likeness (QED) is 0.915. The van der Waals surface area contributed by atoms with E-state index in [0.29, 0.717) is 12.8 Å². The van der Waals surface area contributed by atoms with Crippen LogP contribution in [0.5, 0.6) is 5.75 Å². The smallest absolute Gasteiger partial charge is 0.312 e. The average molecular weight is 341 g/mol. The maximum Gasteiger partial charge on any atom is 0.312 e. The number of ether oxygens (including phenoxy) is 2. The molecule has 3 atom stereocenters. The lowest BCUT2D eigenvalue weighted by Crippen LogP contribution is -2.42. The predicted octanol–water partition coefficient (Wildman–Crippen LogP) is 3.02. The fourth-order valence-electron chi connectivity index (χ4n) is 3.44. The molecule has 0 aromatic heterocycles. The largest absolute Gasteiger partial charge is 0.497 e. The Morgan fingerprint density at radius 1 is 1.55 bits per heavy atom. The molecule has 0 saturated carbocycles. The summed E-state index contributed by atoms with van der Waals surface area (Å²) in [6.07, 6.45) is 2.86. The topological polar surface area (TPSA) is 55.8 Å². The van der Waals surface area contributed by atoms with Gasteiger partial charge >= 0.3 is 5.97 Å². The molecule has 2 aliphatic heterocycles. The minimum atomic E-state index is -0.794. The fraction of sp³-hybridized carbons (Fsp3) is 0.533. The van der Waals surface area contributed by atoms with Crippen LogP contribution in [0.1, 0.15) is 24.8 Å². The molecular formula is C15H17BrO4. The molecule has 1 N–H and O–H groups in total. The zero-order valence-corrected chi connectivity index (χ0v) is 12.9. The van der Waals surface area contributed by atoms with E-state index in [-0.39, 0.29) is 12.2 Å². The summed E-state index contributed by atoms with van der Waals surface area (Å²) in [4.78, 5) is 11.9. The molecule has 1 aromatic carbocycles. The summed E-state index contributed by atoms with van der Waals surface area (Å²) in [5, 5.41) is 9.74. The number of carboxylic acids is 1. The molecule has 4 nitrogen and oxygen atoms in total. The van der Waals surface area contributed by atoms with E-state index in [1.54, 1.807) is 7.11 Å². The first-order valence-corrected chi connectivity index (χ1v) is 7.56. The van der Waals surface area contributed by atoms with E-state index in [0.717, 1.165) is 28.6 Å². The van der Waals surface area contributed by atoms with Gasteiger partial charge in [0.05, 0.1) is 19.3 Å². The second-order valence-corrected chi connectivity index (χ2v) is 6.48. The highest BCUT2D eigenvalue weighted by atomic mass is 79.9. The van der Waals surface area contributed by atoms with Crippen LogP contribution in [-0.2, 0) is 16.0 Å². The summed E-state index contributed by atoms with van der Waals surface area (Å²) < 4.78 is 11.9. The molecular weight excluding hydrogens is 324 g/mol. The Kier molecular flexibility index (Phi) is 3.50. The molecule has 0 amide bonds. The zero-order valence-electron chi connectivity index (χ0n) is 11.3. The van der Waals surface area contributed by atoms with Crippen molar-refractivity contribution in [1.29, 1.82) is 0 Å². The maximum atomic E-state index is 11.9. The highest BCUT2D eigenvalue weighted by molar-refractivity contribution is 9.10.